The fraction of sp³-hybridized carbons (Fsp3) is 0.571. The molecule has 102 valence electrons. The molecule has 0 saturated carbocycles. The average molecular weight is 276 g/mol. The van der Waals surface area contributed by atoms with Gasteiger partial charge in [0, 0.05) is 18.1 Å². The molecule has 0 amide bonds. The van der Waals surface area contributed by atoms with Gasteiger partial charge in [-0.05, 0) is 38.3 Å². The van der Waals surface area contributed by atoms with Crippen LogP contribution in [0, 0.1) is 0 Å². The predicted octanol–water partition coefficient (Wildman–Crippen LogP) is 2.92. The van der Waals surface area contributed by atoms with Crippen molar-refractivity contribution in [1.29, 1.82) is 0 Å². The van der Waals surface area contributed by atoms with E-state index < -0.39 is 0 Å². The molecule has 2 aromatic heterocycles. The van der Waals surface area contributed by atoms with Crippen molar-refractivity contribution in [3.63, 3.8) is 0 Å². The second-order valence-corrected chi connectivity index (χ2v) is 6.15. The van der Waals surface area contributed by atoms with Crippen LogP contribution in [0.5, 0.6) is 0 Å². The minimum atomic E-state index is 0.446. The Morgan fingerprint density at radius 1 is 1.53 bits per heavy atom. The summed E-state index contributed by atoms with van der Waals surface area (Å²) in [6.07, 6.45) is 6.66. The second kappa shape index (κ2) is 5.43. The molecule has 1 N–H and O–H groups in total. The Balaban J connectivity index is 1.91. The number of hydrogen-bond acceptors (Lipinski definition) is 4. The van der Waals surface area contributed by atoms with Gasteiger partial charge in [0.15, 0.2) is 0 Å². The fourth-order valence-corrected chi connectivity index (χ4v) is 3.85. The van der Waals surface area contributed by atoms with Crippen molar-refractivity contribution < 1.29 is 0 Å². The summed E-state index contributed by atoms with van der Waals surface area (Å²) in [5, 5.41) is 8.96. The van der Waals surface area contributed by atoms with E-state index in [9.17, 15) is 0 Å². The zero-order valence-corrected chi connectivity index (χ0v) is 12.3. The maximum atomic E-state index is 4.88. The zero-order valence-electron chi connectivity index (χ0n) is 11.5. The number of rotatable bonds is 4. The number of aromatic nitrogens is 3. The molecule has 2 aromatic rings. The second-order valence-electron chi connectivity index (χ2n) is 5.07. The molecule has 19 heavy (non-hydrogen) atoms. The van der Waals surface area contributed by atoms with E-state index in [1.165, 1.54) is 36.3 Å². The van der Waals surface area contributed by atoms with Crippen LogP contribution in [0.2, 0.25) is 0 Å². The molecule has 1 aliphatic rings. The van der Waals surface area contributed by atoms with Crippen molar-refractivity contribution in [2.45, 2.75) is 38.6 Å². The largest absolute Gasteiger partial charge is 0.309 e. The van der Waals surface area contributed by atoms with Crippen LogP contribution in [0.4, 0.5) is 0 Å². The summed E-state index contributed by atoms with van der Waals surface area (Å²) in [5.41, 5.74) is 2.40. The Kier molecular flexibility index (Phi) is 3.66. The highest BCUT2D eigenvalue weighted by molar-refractivity contribution is 7.15. The smallest absolute Gasteiger partial charge is 0.142 e. The third-order valence-corrected chi connectivity index (χ3v) is 4.79. The minimum absolute atomic E-state index is 0.446. The first-order valence-electron chi connectivity index (χ1n) is 7.01. The van der Waals surface area contributed by atoms with E-state index in [1.807, 2.05) is 35.3 Å². The van der Waals surface area contributed by atoms with Gasteiger partial charge in [0.2, 0.25) is 0 Å². The van der Waals surface area contributed by atoms with Crippen molar-refractivity contribution in [2.24, 2.45) is 7.05 Å². The summed E-state index contributed by atoms with van der Waals surface area (Å²) in [4.78, 5) is 6.34. The number of thiazole rings is 1. The minimum Gasteiger partial charge on any atom is -0.309 e. The van der Waals surface area contributed by atoms with Crippen LogP contribution in [0.25, 0.3) is 10.7 Å². The molecular weight excluding hydrogens is 256 g/mol. The predicted molar refractivity (Wildman–Crippen MR) is 78.3 cm³/mol. The SMILES string of the molecule is CCCNC1CCCc2sc(-c3ccnn3C)nc21. The van der Waals surface area contributed by atoms with E-state index >= 15 is 0 Å². The third kappa shape index (κ3) is 2.44. The van der Waals surface area contributed by atoms with Crippen LogP contribution in [0.15, 0.2) is 12.3 Å². The van der Waals surface area contributed by atoms with E-state index in [0.29, 0.717) is 6.04 Å². The average Bonchev–Trinajstić information content (AvgIpc) is 3.01. The highest BCUT2D eigenvalue weighted by atomic mass is 32.1. The first-order chi connectivity index (χ1) is 9.29. The molecular formula is C14H20N4S. The van der Waals surface area contributed by atoms with Gasteiger partial charge in [0.1, 0.15) is 5.01 Å². The molecule has 0 aromatic carbocycles. The highest BCUT2D eigenvalue weighted by Crippen LogP contribution is 2.36. The molecule has 3 rings (SSSR count). The van der Waals surface area contributed by atoms with Gasteiger partial charge in [-0.1, -0.05) is 6.92 Å². The Bertz CT molecular complexity index is 558. The number of fused-ring (bicyclic) bond motifs is 1. The van der Waals surface area contributed by atoms with Crippen molar-refractivity contribution in [3.05, 3.63) is 22.8 Å². The Morgan fingerprint density at radius 2 is 2.42 bits per heavy atom. The number of nitrogens with one attached hydrogen (secondary N) is 1. The topological polar surface area (TPSA) is 42.7 Å². The summed E-state index contributed by atoms with van der Waals surface area (Å²) >= 11 is 1.83. The summed E-state index contributed by atoms with van der Waals surface area (Å²) in [6, 6.07) is 2.49. The van der Waals surface area contributed by atoms with Crippen molar-refractivity contribution in [3.8, 4) is 10.7 Å². The summed E-state index contributed by atoms with van der Waals surface area (Å²) in [7, 11) is 1.97. The molecule has 0 fully saturated rings. The summed E-state index contributed by atoms with van der Waals surface area (Å²) in [5.74, 6) is 0. The lowest BCUT2D eigenvalue weighted by Crippen LogP contribution is -2.25. The maximum absolute atomic E-state index is 4.88. The standard InChI is InChI=1S/C14H20N4S/c1-3-8-15-10-5-4-6-12-13(10)17-14(19-12)11-7-9-16-18(11)2/h7,9-10,15H,3-6,8H2,1-2H3. The number of hydrogen-bond donors (Lipinski definition) is 1. The van der Waals surface area contributed by atoms with Gasteiger partial charge < -0.3 is 5.32 Å². The van der Waals surface area contributed by atoms with Crippen molar-refractivity contribution >= 4 is 11.3 Å². The van der Waals surface area contributed by atoms with Crippen LogP contribution in [-0.2, 0) is 13.5 Å². The van der Waals surface area contributed by atoms with Gasteiger partial charge in [-0.2, -0.15) is 5.10 Å². The molecule has 1 unspecified atom stereocenters. The molecule has 0 saturated heterocycles. The van der Waals surface area contributed by atoms with Crippen LogP contribution < -0.4 is 5.32 Å². The first-order valence-corrected chi connectivity index (χ1v) is 7.82. The zero-order chi connectivity index (χ0) is 13.2. The van der Waals surface area contributed by atoms with Crippen molar-refractivity contribution in [2.75, 3.05) is 6.54 Å². The maximum Gasteiger partial charge on any atom is 0.142 e. The van der Waals surface area contributed by atoms with Gasteiger partial charge >= 0.3 is 0 Å². The molecule has 0 radical (unpaired) electrons. The number of aryl methyl sites for hydroxylation is 2. The summed E-state index contributed by atoms with van der Waals surface area (Å²) < 4.78 is 1.90. The van der Waals surface area contributed by atoms with Crippen LogP contribution >= 0.6 is 11.3 Å². The van der Waals surface area contributed by atoms with Gasteiger partial charge in [0.05, 0.1) is 17.4 Å². The Hall–Kier alpha value is -1.20. The summed E-state index contributed by atoms with van der Waals surface area (Å²) in [6.45, 7) is 3.28. The third-order valence-electron chi connectivity index (χ3n) is 3.64. The molecule has 4 nitrogen and oxygen atoms in total. The molecule has 1 atom stereocenters. The van der Waals surface area contributed by atoms with Crippen LogP contribution in [0.3, 0.4) is 0 Å². The highest BCUT2D eigenvalue weighted by Gasteiger charge is 2.25. The quantitative estimate of drug-likeness (QED) is 0.933. The molecule has 0 aliphatic heterocycles. The van der Waals surface area contributed by atoms with E-state index in [0.717, 1.165) is 17.2 Å². The lowest BCUT2D eigenvalue weighted by atomic mass is 9.97. The van der Waals surface area contributed by atoms with Gasteiger partial charge in [0.25, 0.3) is 0 Å². The van der Waals surface area contributed by atoms with Gasteiger partial charge in [-0.15, -0.1) is 11.3 Å². The lowest BCUT2D eigenvalue weighted by Gasteiger charge is -2.22. The van der Waals surface area contributed by atoms with Crippen molar-refractivity contribution in [1.82, 2.24) is 20.1 Å². The van der Waals surface area contributed by atoms with Crippen LogP contribution in [-0.4, -0.2) is 21.3 Å². The van der Waals surface area contributed by atoms with E-state index in [4.69, 9.17) is 4.98 Å². The Labute approximate surface area is 117 Å². The molecule has 0 bridgehead atoms. The molecule has 0 spiro atoms. The Morgan fingerprint density at radius 3 is 3.16 bits per heavy atom. The number of nitrogens with zero attached hydrogens (tertiary/aromatic N) is 3. The first kappa shape index (κ1) is 12.8. The van der Waals surface area contributed by atoms with E-state index in [2.05, 4.69) is 17.3 Å². The fourth-order valence-electron chi connectivity index (χ4n) is 2.63. The monoisotopic (exact) mass is 276 g/mol. The van der Waals surface area contributed by atoms with E-state index in [1.54, 1.807) is 0 Å². The van der Waals surface area contributed by atoms with Gasteiger partial charge in [-0.3, -0.25) is 4.68 Å². The molecule has 5 heteroatoms. The molecule has 2 heterocycles. The van der Waals surface area contributed by atoms with E-state index in [-0.39, 0.29) is 0 Å². The molecule has 1 aliphatic carbocycles. The van der Waals surface area contributed by atoms with Gasteiger partial charge in [-0.25, -0.2) is 4.98 Å². The lowest BCUT2D eigenvalue weighted by molar-refractivity contribution is 0.454. The van der Waals surface area contributed by atoms with Crippen LogP contribution in [0.1, 0.15) is 42.8 Å². The normalized spacial score (nSPS) is 18.5.